The third kappa shape index (κ3) is 7.68. The Kier molecular flexibility index (Phi) is 12.3. The number of ketones is 1. The van der Waals surface area contributed by atoms with Crippen molar-refractivity contribution in [3.05, 3.63) is 53.1 Å². The molecule has 0 heterocycles. The van der Waals surface area contributed by atoms with Crippen LogP contribution in [0, 0.1) is 5.92 Å². The van der Waals surface area contributed by atoms with Crippen LogP contribution in [0.4, 0.5) is 0 Å². The van der Waals surface area contributed by atoms with Crippen LogP contribution in [0.15, 0.2) is 36.4 Å². The molecule has 1 aliphatic carbocycles. The van der Waals surface area contributed by atoms with Gasteiger partial charge in [0.15, 0.2) is 32.5 Å². The first-order chi connectivity index (χ1) is 18.6. The van der Waals surface area contributed by atoms with Crippen LogP contribution in [0.5, 0.6) is 17.2 Å². The fraction of sp³-hybridized carbons (Fsp3) is 0.552. The molecule has 1 fully saturated rings. The van der Waals surface area contributed by atoms with Gasteiger partial charge in [-0.05, 0) is 69.0 Å². The van der Waals surface area contributed by atoms with E-state index in [1.807, 2.05) is 26.0 Å². The largest absolute Gasteiger partial charge is 0.468 e. The molecule has 0 amide bonds. The third-order valence-corrected chi connectivity index (χ3v) is 6.41. The second-order valence-electron chi connectivity index (χ2n) is 8.86. The Labute approximate surface area is 225 Å². The zero-order valence-electron chi connectivity index (χ0n) is 23.0. The van der Waals surface area contributed by atoms with Crippen molar-refractivity contribution in [2.24, 2.45) is 5.92 Å². The minimum absolute atomic E-state index is 0.0392. The number of ether oxygens (including phenoxy) is 8. The van der Waals surface area contributed by atoms with Crippen molar-refractivity contribution in [1.82, 2.24) is 0 Å². The van der Waals surface area contributed by atoms with E-state index in [4.69, 9.17) is 37.9 Å². The first kappa shape index (κ1) is 29.9. The molecule has 38 heavy (non-hydrogen) atoms. The summed E-state index contributed by atoms with van der Waals surface area (Å²) in [4.78, 5) is 13.7. The Morgan fingerprint density at radius 1 is 0.816 bits per heavy atom. The van der Waals surface area contributed by atoms with E-state index >= 15 is 0 Å². The summed E-state index contributed by atoms with van der Waals surface area (Å²) < 4.78 is 44.7. The molecule has 1 saturated carbocycles. The molecule has 1 unspecified atom stereocenters. The van der Waals surface area contributed by atoms with E-state index in [1.165, 1.54) is 0 Å². The van der Waals surface area contributed by atoms with E-state index in [0.29, 0.717) is 41.6 Å². The summed E-state index contributed by atoms with van der Waals surface area (Å²) in [6, 6.07) is 10.9. The number of carbonyl (C=O) groups excluding carboxylic acids is 1. The normalized spacial score (nSPS) is 17.1. The Morgan fingerprint density at radius 2 is 1.42 bits per heavy atom. The van der Waals surface area contributed by atoms with Crippen molar-refractivity contribution in [2.75, 3.05) is 54.9 Å². The molecule has 9 heteroatoms. The zero-order valence-corrected chi connectivity index (χ0v) is 23.0. The standard InChI is InChI=1S/C29H40O9/c1-6-34-29(35-7-2)26-16-22(37-18-32-4)15-25(28(26)38-19-33-5)23-9-8-10-24(23)27(30)20-11-13-21(14-12-20)36-17-31-3/h11-16,23-24,29H,6-10,17-19H2,1-5H3/t23?,24-/m0/s1. The average molecular weight is 533 g/mol. The number of hydrogen-bond acceptors (Lipinski definition) is 9. The second-order valence-corrected chi connectivity index (χ2v) is 8.86. The van der Waals surface area contributed by atoms with Gasteiger partial charge in [-0.2, -0.15) is 0 Å². The molecule has 210 valence electrons. The molecular formula is C29H40O9. The molecule has 0 radical (unpaired) electrons. The first-order valence-electron chi connectivity index (χ1n) is 13.0. The predicted molar refractivity (Wildman–Crippen MR) is 141 cm³/mol. The fourth-order valence-corrected chi connectivity index (χ4v) is 4.82. The van der Waals surface area contributed by atoms with Crippen molar-refractivity contribution in [1.29, 1.82) is 0 Å². The summed E-state index contributed by atoms with van der Waals surface area (Å²) >= 11 is 0. The quantitative estimate of drug-likeness (QED) is 0.194. The van der Waals surface area contributed by atoms with Gasteiger partial charge in [-0.15, -0.1) is 0 Å². The molecular weight excluding hydrogens is 492 g/mol. The van der Waals surface area contributed by atoms with Gasteiger partial charge in [-0.3, -0.25) is 4.79 Å². The number of carbonyl (C=O) groups is 1. The van der Waals surface area contributed by atoms with Crippen molar-refractivity contribution in [3.63, 3.8) is 0 Å². The van der Waals surface area contributed by atoms with E-state index in [1.54, 1.807) is 45.6 Å². The summed E-state index contributed by atoms with van der Waals surface area (Å²) in [5, 5.41) is 0. The molecule has 0 N–H and O–H groups in total. The topological polar surface area (TPSA) is 90.9 Å². The number of Topliss-reactive ketones (excluding diaryl/α,β-unsaturated/α-hetero) is 1. The van der Waals surface area contributed by atoms with E-state index in [2.05, 4.69) is 0 Å². The van der Waals surface area contributed by atoms with Crippen LogP contribution in [-0.2, 0) is 23.7 Å². The van der Waals surface area contributed by atoms with Crippen LogP contribution in [0.1, 0.15) is 66.8 Å². The van der Waals surface area contributed by atoms with Gasteiger partial charge in [-0.25, -0.2) is 0 Å². The average Bonchev–Trinajstić information content (AvgIpc) is 3.43. The predicted octanol–water partition coefficient (Wildman–Crippen LogP) is 5.47. The highest BCUT2D eigenvalue weighted by atomic mass is 16.7. The van der Waals surface area contributed by atoms with E-state index < -0.39 is 6.29 Å². The highest BCUT2D eigenvalue weighted by Gasteiger charge is 2.38. The van der Waals surface area contributed by atoms with Crippen molar-refractivity contribution >= 4 is 5.78 Å². The lowest BCUT2D eigenvalue weighted by molar-refractivity contribution is -0.141. The molecule has 2 aromatic carbocycles. The maximum Gasteiger partial charge on any atom is 0.188 e. The van der Waals surface area contributed by atoms with Crippen molar-refractivity contribution < 1.29 is 42.7 Å². The van der Waals surface area contributed by atoms with Gasteiger partial charge >= 0.3 is 0 Å². The van der Waals surface area contributed by atoms with Crippen LogP contribution in [-0.4, -0.2) is 60.7 Å². The van der Waals surface area contributed by atoms with Gasteiger partial charge in [0, 0.05) is 51.6 Å². The molecule has 9 nitrogen and oxygen atoms in total. The Morgan fingerprint density at radius 3 is 2.03 bits per heavy atom. The molecule has 0 spiro atoms. The van der Waals surface area contributed by atoms with E-state index in [0.717, 1.165) is 24.8 Å². The molecule has 1 aliphatic rings. The van der Waals surface area contributed by atoms with Gasteiger partial charge in [0.1, 0.15) is 17.2 Å². The molecule has 2 atom stereocenters. The lowest BCUT2D eigenvalue weighted by atomic mass is 9.82. The van der Waals surface area contributed by atoms with Gasteiger partial charge in [0.25, 0.3) is 0 Å². The molecule has 0 saturated heterocycles. The number of benzene rings is 2. The third-order valence-electron chi connectivity index (χ3n) is 6.41. The van der Waals surface area contributed by atoms with Crippen LogP contribution >= 0.6 is 0 Å². The van der Waals surface area contributed by atoms with Crippen LogP contribution in [0.3, 0.4) is 0 Å². The lowest BCUT2D eigenvalue weighted by Crippen LogP contribution is -2.20. The minimum Gasteiger partial charge on any atom is -0.468 e. The SMILES string of the molecule is CCOC(OCC)c1cc(OCOC)cc(C2CCC[C@@H]2C(=O)c2ccc(OCOC)cc2)c1OCOC. The van der Waals surface area contributed by atoms with Gasteiger partial charge < -0.3 is 37.9 Å². The Balaban J connectivity index is 2.02. The first-order valence-corrected chi connectivity index (χ1v) is 13.0. The van der Waals surface area contributed by atoms with Gasteiger partial charge in [0.2, 0.25) is 0 Å². The Hall–Kier alpha value is -2.69. The van der Waals surface area contributed by atoms with Crippen molar-refractivity contribution in [3.8, 4) is 17.2 Å². The zero-order chi connectivity index (χ0) is 27.3. The summed E-state index contributed by atoms with van der Waals surface area (Å²) in [7, 11) is 4.70. The second kappa shape index (κ2) is 15.7. The van der Waals surface area contributed by atoms with Crippen LogP contribution in [0.2, 0.25) is 0 Å². The molecule has 3 rings (SSSR count). The number of methoxy groups -OCH3 is 3. The summed E-state index contributed by atoms with van der Waals surface area (Å²) in [6.07, 6.45) is 1.85. The molecule has 2 aromatic rings. The number of rotatable bonds is 17. The molecule has 0 aliphatic heterocycles. The van der Waals surface area contributed by atoms with Crippen LogP contribution < -0.4 is 14.2 Å². The minimum atomic E-state index is -0.670. The van der Waals surface area contributed by atoms with Gasteiger partial charge in [0.05, 0.1) is 5.56 Å². The fourth-order valence-electron chi connectivity index (χ4n) is 4.82. The highest BCUT2D eigenvalue weighted by molar-refractivity contribution is 5.98. The summed E-state index contributed by atoms with van der Waals surface area (Å²) in [6.45, 7) is 4.98. The van der Waals surface area contributed by atoms with Crippen LogP contribution in [0.25, 0.3) is 0 Å². The molecule has 0 aromatic heterocycles. The maximum atomic E-state index is 13.7. The maximum absolute atomic E-state index is 13.7. The smallest absolute Gasteiger partial charge is 0.188 e. The summed E-state index contributed by atoms with van der Waals surface area (Å²) in [5.41, 5.74) is 2.19. The summed E-state index contributed by atoms with van der Waals surface area (Å²) in [5.74, 6) is 1.59. The molecule has 0 bridgehead atoms. The lowest BCUT2D eigenvalue weighted by Gasteiger charge is -2.27. The van der Waals surface area contributed by atoms with E-state index in [9.17, 15) is 4.79 Å². The highest BCUT2D eigenvalue weighted by Crippen LogP contribution is 2.48. The van der Waals surface area contributed by atoms with E-state index in [-0.39, 0.29) is 38.0 Å². The van der Waals surface area contributed by atoms with Crippen molar-refractivity contribution in [2.45, 2.75) is 45.3 Å². The number of hydrogen-bond donors (Lipinski definition) is 0. The monoisotopic (exact) mass is 532 g/mol. The Bertz CT molecular complexity index is 986. The van der Waals surface area contributed by atoms with Gasteiger partial charge in [-0.1, -0.05) is 6.42 Å².